The van der Waals surface area contributed by atoms with E-state index in [4.69, 9.17) is 0 Å². The summed E-state index contributed by atoms with van der Waals surface area (Å²) in [5, 5.41) is 10.8. The largest absolute Gasteiger partial charge is 1.00 e. The van der Waals surface area contributed by atoms with E-state index in [9.17, 15) is 9.90 Å². The Bertz CT molecular complexity index is 326. The number of aromatic carboxylic acids is 1. The molecule has 0 radical (unpaired) electrons. The van der Waals surface area contributed by atoms with Crippen LogP contribution in [-0.2, 0) is 5.41 Å². The minimum absolute atomic E-state index is 0. The Labute approximate surface area is 107 Å². The molecule has 0 aliphatic carbocycles. The monoisotopic (exact) mass is 200 g/mol. The second kappa shape index (κ2) is 4.96. The summed E-state index contributed by atoms with van der Waals surface area (Å²) in [7, 11) is 0. The van der Waals surface area contributed by atoms with Crippen molar-refractivity contribution in [3.63, 3.8) is 0 Å². The molecule has 0 atom stereocenters. The zero-order valence-electron chi connectivity index (χ0n) is 9.13. The van der Waals surface area contributed by atoms with Gasteiger partial charge in [0.2, 0.25) is 0 Å². The molecular formula is C11H13NaO2. The molecule has 0 saturated heterocycles. The summed E-state index contributed by atoms with van der Waals surface area (Å²) < 4.78 is 0. The van der Waals surface area contributed by atoms with Crippen LogP contribution in [0.1, 0.15) is 36.7 Å². The zero-order chi connectivity index (χ0) is 10.1. The van der Waals surface area contributed by atoms with E-state index in [2.05, 4.69) is 0 Å². The van der Waals surface area contributed by atoms with Gasteiger partial charge in [-0.05, 0) is 11.0 Å². The average Bonchev–Trinajstić information content (AvgIpc) is 2.03. The molecule has 0 fully saturated rings. The minimum atomic E-state index is -1.11. The standard InChI is InChI=1S/C11H14O2.Na/c1-11(2,3)9-7-5-4-6-8(9)10(12)13;/h4-7H,1-3H3,(H,12,13);/q;+1/p-1. The van der Waals surface area contributed by atoms with Crippen molar-refractivity contribution in [1.82, 2.24) is 0 Å². The Balaban J connectivity index is 0.00000169. The molecule has 3 heteroatoms. The van der Waals surface area contributed by atoms with Crippen LogP contribution in [0, 0.1) is 0 Å². The second-order valence-electron chi connectivity index (χ2n) is 4.08. The van der Waals surface area contributed by atoms with E-state index >= 15 is 0 Å². The summed E-state index contributed by atoms with van der Waals surface area (Å²) in [4.78, 5) is 10.8. The summed E-state index contributed by atoms with van der Waals surface area (Å²) in [6.45, 7) is 5.94. The first-order chi connectivity index (χ1) is 5.93. The first kappa shape index (κ1) is 13.7. The van der Waals surface area contributed by atoms with Gasteiger partial charge in [0.15, 0.2) is 0 Å². The van der Waals surface area contributed by atoms with Crippen LogP contribution in [0.15, 0.2) is 24.3 Å². The average molecular weight is 200 g/mol. The Morgan fingerprint density at radius 3 is 2.07 bits per heavy atom. The number of rotatable bonds is 1. The van der Waals surface area contributed by atoms with E-state index in [1.54, 1.807) is 12.1 Å². The number of carbonyl (C=O) groups is 1. The van der Waals surface area contributed by atoms with Gasteiger partial charge in [-0.3, -0.25) is 0 Å². The minimum Gasteiger partial charge on any atom is -0.545 e. The predicted octanol–water partition coefficient (Wildman–Crippen LogP) is -1.65. The molecule has 0 N–H and O–H groups in total. The molecule has 0 aromatic heterocycles. The molecule has 0 saturated carbocycles. The van der Waals surface area contributed by atoms with Crippen molar-refractivity contribution < 1.29 is 39.5 Å². The number of benzene rings is 1. The Morgan fingerprint density at radius 1 is 1.21 bits per heavy atom. The SMILES string of the molecule is CC(C)(C)c1ccccc1C(=O)[O-].[Na+]. The van der Waals surface area contributed by atoms with Gasteiger partial charge in [0.05, 0.1) is 5.97 Å². The van der Waals surface area contributed by atoms with Crippen molar-refractivity contribution >= 4 is 5.97 Å². The predicted molar refractivity (Wildman–Crippen MR) is 49.5 cm³/mol. The Morgan fingerprint density at radius 2 is 1.71 bits per heavy atom. The van der Waals surface area contributed by atoms with Crippen LogP contribution >= 0.6 is 0 Å². The van der Waals surface area contributed by atoms with Gasteiger partial charge >= 0.3 is 29.6 Å². The number of carboxylic acid groups (broad SMARTS) is 1. The fraction of sp³-hybridized carbons (Fsp3) is 0.364. The van der Waals surface area contributed by atoms with Gasteiger partial charge in [-0.1, -0.05) is 45.0 Å². The van der Waals surface area contributed by atoms with Crippen molar-refractivity contribution in [1.29, 1.82) is 0 Å². The molecule has 2 nitrogen and oxygen atoms in total. The molecule has 0 spiro atoms. The third-order valence-electron chi connectivity index (χ3n) is 1.95. The van der Waals surface area contributed by atoms with E-state index in [1.165, 1.54) is 0 Å². The van der Waals surface area contributed by atoms with Gasteiger partial charge in [0.1, 0.15) is 0 Å². The normalized spacial score (nSPS) is 10.5. The van der Waals surface area contributed by atoms with E-state index in [1.807, 2.05) is 32.9 Å². The van der Waals surface area contributed by atoms with Crippen LogP contribution in [0.4, 0.5) is 0 Å². The Hall–Kier alpha value is -0.310. The molecule has 0 heterocycles. The van der Waals surface area contributed by atoms with E-state index in [0.29, 0.717) is 0 Å². The van der Waals surface area contributed by atoms with Crippen molar-refractivity contribution in [2.75, 3.05) is 0 Å². The molecule has 0 unspecified atom stereocenters. The number of hydrogen-bond donors (Lipinski definition) is 0. The van der Waals surface area contributed by atoms with Gasteiger partial charge in [-0.15, -0.1) is 0 Å². The Kier molecular flexibility index (Phi) is 4.85. The van der Waals surface area contributed by atoms with Crippen molar-refractivity contribution in [3.8, 4) is 0 Å². The van der Waals surface area contributed by atoms with E-state index in [0.717, 1.165) is 5.56 Å². The molecule has 14 heavy (non-hydrogen) atoms. The first-order valence-electron chi connectivity index (χ1n) is 4.24. The maximum atomic E-state index is 10.8. The van der Waals surface area contributed by atoms with Gasteiger partial charge in [0.25, 0.3) is 0 Å². The molecule has 0 bridgehead atoms. The maximum absolute atomic E-state index is 10.8. The van der Waals surface area contributed by atoms with Gasteiger partial charge in [-0.2, -0.15) is 0 Å². The molecule has 1 aromatic carbocycles. The maximum Gasteiger partial charge on any atom is 1.00 e. The van der Waals surface area contributed by atoms with E-state index < -0.39 is 5.97 Å². The van der Waals surface area contributed by atoms with Crippen LogP contribution < -0.4 is 34.7 Å². The molecule has 0 aliphatic rings. The van der Waals surface area contributed by atoms with Crippen molar-refractivity contribution in [2.24, 2.45) is 0 Å². The molecule has 0 aliphatic heterocycles. The van der Waals surface area contributed by atoms with Crippen LogP contribution in [-0.4, -0.2) is 5.97 Å². The summed E-state index contributed by atoms with van der Waals surface area (Å²) in [6, 6.07) is 6.95. The van der Waals surface area contributed by atoms with Crippen LogP contribution in [0.2, 0.25) is 0 Å². The molecule has 0 amide bonds. The van der Waals surface area contributed by atoms with Gasteiger partial charge < -0.3 is 9.90 Å². The fourth-order valence-electron chi connectivity index (χ4n) is 1.32. The van der Waals surface area contributed by atoms with Gasteiger partial charge in [-0.25, -0.2) is 0 Å². The smallest absolute Gasteiger partial charge is 0.545 e. The number of carboxylic acids is 1. The summed E-state index contributed by atoms with van der Waals surface area (Å²) in [5.41, 5.74) is 0.946. The third-order valence-corrected chi connectivity index (χ3v) is 1.95. The van der Waals surface area contributed by atoms with Gasteiger partial charge in [0, 0.05) is 5.56 Å². The summed E-state index contributed by atoms with van der Waals surface area (Å²) in [5.74, 6) is -1.11. The van der Waals surface area contributed by atoms with Crippen molar-refractivity contribution in [3.05, 3.63) is 35.4 Å². The van der Waals surface area contributed by atoms with Crippen LogP contribution in [0.25, 0.3) is 0 Å². The quantitative estimate of drug-likeness (QED) is 0.510. The molecule has 70 valence electrons. The summed E-state index contributed by atoms with van der Waals surface area (Å²) in [6.07, 6.45) is 0. The summed E-state index contributed by atoms with van der Waals surface area (Å²) >= 11 is 0. The molecule has 1 aromatic rings. The van der Waals surface area contributed by atoms with Crippen LogP contribution in [0.5, 0.6) is 0 Å². The molecular weight excluding hydrogens is 187 g/mol. The zero-order valence-corrected chi connectivity index (χ0v) is 11.1. The fourth-order valence-corrected chi connectivity index (χ4v) is 1.32. The topological polar surface area (TPSA) is 40.1 Å². The number of hydrogen-bond acceptors (Lipinski definition) is 2. The number of carbonyl (C=O) groups excluding carboxylic acids is 1. The molecule has 1 rings (SSSR count). The van der Waals surface area contributed by atoms with E-state index in [-0.39, 0.29) is 40.5 Å². The van der Waals surface area contributed by atoms with Crippen molar-refractivity contribution in [2.45, 2.75) is 26.2 Å². The van der Waals surface area contributed by atoms with Crippen LogP contribution in [0.3, 0.4) is 0 Å². The first-order valence-corrected chi connectivity index (χ1v) is 4.24. The third kappa shape index (κ3) is 3.12. The second-order valence-corrected chi connectivity index (χ2v) is 4.08.